The fourth-order valence-corrected chi connectivity index (χ4v) is 2.67. The van der Waals surface area contributed by atoms with Gasteiger partial charge < -0.3 is 25.7 Å². The molecular formula is C16H17N4O6S-. The van der Waals surface area contributed by atoms with E-state index in [1.165, 1.54) is 25.1 Å². The molecule has 27 heavy (non-hydrogen) atoms. The van der Waals surface area contributed by atoms with Gasteiger partial charge in [0, 0.05) is 19.0 Å². The van der Waals surface area contributed by atoms with E-state index >= 15 is 0 Å². The van der Waals surface area contributed by atoms with Crippen LogP contribution < -0.4 is 20.6 Å². The molecule has 0 radical (unpaired) electrons. The van der Waals surface area contributed by atoms with E-state index in [9.17, 15) is 24.8 Å². The molecule has 1 aromatic heterocycles. The van der Waals surface area contributed by atoms with Gasteiger partial charge in [-0.3, -0.25) is 19.7 Å². The quantitative estimate of drug-likeness (QED) is 0.361. The molecule has 0 saturated heterocycles. The Morgan fingerprint density at radius 3 is 2.59 bits per heavy atom. The molecule has 11 heteroatoms. The third-order valence-electron chi connectivity index (χ3n) is 3.21. The van der Waals surface area contributed by atoms with Crippen LogP contribution >= 0.6 is 11.3 Å². The number of quaternary nitrogens is 1. The molecule has 1 aromatic carbocycles. The third kappa shape index (κ3) is 5.56. The molecule has 0 aliphatic rings. The van der Waals surface area contributed by atoms with Crippen LogP contribution in [0.5, 0.6) is 5.75 Å². The monoisotopic (exact) mass is 393 g/mol. The number of amides is 2. The van der Waals surface area contributed by atoms with E-state index in [-0.39, 0.29) is 32.9 Å². The number of benzene rings is 1. The van der Waals surface area contributed by atoms with Gasteiger partial charge in [0.05, 0.1) is 5.56 Å². The molecule has 2 rings (SSSR count). The average Bonchev–Trinajstić information content (AvgIpc) is 3.07. The van der Waals surface area contributed by atoms with Gasteiger partial charge in [-0.2, -0.15) is 0 Å². The van der Waals surface area contributed by atoms with Gasteiger partial charge in [-0.15, -0.1) is 0 Å². The molecule has 0 unspecified atom stereocenters. The number of nitrogens with one attached hydrogen (secondary N) is 3. The summed E-state index contributed by atoms with van der Waals surface area (Å²) in [6, 6.07) is 4.04. The van der Waals surface area contributed by atoms with Gasteiger partial charge in [0.15, 0.2) is 5.13 Å². The molecule has 2 aromatic rings. The number of rotatable bonds is 7. The summed E-state index contributed by atoms with van der Waals surface area (Å²) in [7, 11) is 0. The summed E-state index contributed by atoms with van der Waals surface area (Å²) >= 11 is 0.724. The van der Waals surface area contributed by atoms with Crippen LogP contribution in [0.1, 0.15) is 41.0 Å². The number of esters is 1. The standard InChI is InChI=1S/C16H17N4O6S/c1-3-6-17-14(22)10-4-5-11(12(7-10)26-9(2)21)15(23)19-16-18-8-13(27-16)20(24)25/h4-5,7-8,20H,3,6H2,1-2H3,(H,17,22)(H,18,19,23)/q-1. The first-order chi connectivity index (χ1) is 12.8. The highest BCUT2D eigenvalue weighted by atomic mass is 32.1. The number of aromatic nitrogens is 1. The van der Waals surface area contributed by atoms with Crippen molar-refractivity contribution in [1.82, 2.24) is 10.3 Å². The number of hydrogen-bond donors (Lipinski definition) is 3. The fourth-order valence-electron chi connectivity index (χ4n) is 2.02. The van der Waals surface area contributed by atoms with Crippen LogP contribution in [0.3, 0.4) is 0 Å². The lowest BCUT2D eigenvalue weighted by molar-refractivity contribution is -0.712. The Balaban J connectivity index is 2.26. The van der Waals surface area contributed by atoms with E-state index < -0.39 is 17.1 Å². The summed E-state index contributed by atoms with van der Waals surface area (Å²) in [6.07, 6.45) is 1.81. The number of thiazole rings is 1. The zero-order chi connectivity index (χ0) is 20.0. The number of carbonyl (C=O) groups excluding carboxylic acids is 3. The van der Waals surface area contributed by atoms with E-state index in [2.05, 4.69) is 15.6 Å². The second kappa shape index (κ2) is 9.19. The average molecular weight is 393 g/mol. The van der Waals surface area contributed by atoms with Crippen molar-refractivity contribution in [3.05, 3.63) is 45.9 Å². The molecule has 0 atom stereocenters. The maximum Gasteiger partial charge on any atom is 0.308 e. The molecule has 0 aliphatic heterocycles. The zero-order valence-electron chi connectivity index (χ0n) is 14.5. The Hall–Kier alpha value is -2.86. The number of carbonyl (C=O) groups is 3. The molecule has 3 N–H and O–H groups in total. The normalized spacial score (nSPS) is 10.6. The van der Waals surface area contributed by atoms with Crippen molar-refractivity contribution in [3.8, 4) is 5.75 Å². The predicted molar refractivity (Wildman–Crippen MR) is 97.8 cm³/mol. The van der Waals surface area contributed by atoms with Crippen molar-refractivity contribution in [2.75, 3.05) is 11.9 Å². The SMILES string of the molecule is CCCNC(=O)c1ccc(C(=O)Nc2ncc([NH+]([O-])[O-])s2)c(OC(C)=O)c1. The summed E-state index contributed by atoms with van der Waals surface area (Å²) in [6.45, 7) is 3.55. The van der Waals surface area contributed by atoms with Gasteiger partial charge in [0.25, 0.3) is 11.8 Å². The molecule has 0 fully saturated rings. The number of hydrogen-bond acceptors (Lipinski definition) is 8. The van der Waals surface area contributed by atoms with Crippen LogP contribution in [-0.4, -0.2) is 29.3 Å². The first-order valence-electron chi connectivity index (χ1n) is 7.91. The Morgan fingerprint density at radius 1 is 1.26 bits per heavy atom. The first-order valence-corrected chi connectivity index (χ1v) is 8.72. The van der Waals surface area contributed by atoms with E-state index in [0.29, 0.717) is 6.54 Å². The van der Waals surface area contributed by atoms with E-state index in [1.54, 1.807) is 0 Å². The Kier molecular flexibility index (Phi) is 6.96. The highest BCUT2D eigenvalue weighted by Crippen LogP contribution is 2.25. The number of anilines is 1. The Morgan fingerprint density at radius 2 is 2.00 bits per heavy atom. The summed E-state index contributed by atoms with van der Waals surface area (Å²) in [5, 5.41) is 25.1. The van der Waals surface area contributed by atoms with Gasteiger partial charge in [-0.05, 0) is 36.0 Å². The summed E-state index contributed by atoms with van der Waals surface area (Å²) < 4.78 is 5.04. The van der Waals surface area contributed by atoms with E-state index in [4.69, 9.17) is 4.74 Å². The van der Waals surface area contributed by atoms with Crippen molar-refractivity contribution in [3.63, 3.8) is 0 Å². The fraction of sp³-hybridized carbons (Fsp3) is 0.250. The summed E-state index contributed by atoms with van der Waals surface area (Å²) in [5.41, 5.74) is 0.215. The molecule has 2 amide bonds. The van der Waals surface area contributed by atoms with Crippen LogP contribution in [0.2, 0.25) is 0 Å². The molecule has 0 aliphatic carbocycles. The van der Waals surface area contributed by atoms with Crippen LogP contribution in [0.4, 0.5) is 10.1 Å². The van der Waals surface area contributed by atoms with Crippen LogP contribution in [0.15, 0.2) is 24.4 Å². The smallest absolute Gasteiger partial charge is 0.308 e. The van der Waals surface area contributed by atoms with E-state index in [0.717, 1.165) is 24.0 Å². The minimum Gasteiger partial charge on any atom is -0.627 e. The highest BCUT2D eigenvalue weighted by molar-refractivity contribution is 7.18. The van der Waals surface area contributed by atoms with Crippen LogP contribution in [0, 0.1) is 10.4 Å². The molecule has 10 nitrogen and oxygen atoms in total. The lowest BCUT2D eigenvalue weighted by atomic mass is 10.1. The molecule has 1 heterocycles. The largest absolute Gasteiger partial charge is 0.627 e. The zero-order valence-corrected chi connectivity index (χ0v) is 15.3. The van der Waals surface area contributed by atoms with Gasteiger partial charge in [0.2, 0.25) is 5.00 Å². The Labute approximate surface area is 158 Å². The van der Waals surface area contributed by atoms with Crippen molar-refractivity contribution < 1.29 is 24.3 Å². The van der Waals surface area contributed by atoms with E-state index in [1.807, 2.05) is 6.92 Å². The lowest BCUT2D eigenvalue weighted by Crippen LogP contribution is -2.95. The summed E-state index contributed by atoms with van der Waals surface area (Å²) in [5.74, 6) is -1.80. The van der Waals surface area contributed by atoms with Crippen molar-refractivity contribution >= 4 is 39.3 Å². The van der Waals surface area contributed by atoms with Gasteiger partial charge >= 0.3 is 5.97 Å². The molecule has 144 valence electrons. The number of nitrogens with zero attached hydrogens (tertiary/aromatic N) is 1. The van der Waals surface area contributed by atoms with Crippen molar-refractivity contribution in [2.45, 2.75) is 20.3 Å². The minimum atomic E-state index is -1.41. The minimum absolute atomic E-state index is 0.0116. The third-order valence-corrected chi connectivity index (χ3v) is 4.10. The molecule has 0 bridgehead atoms. The molecule has 0 saturated carbocycles. The van der Waals surface area contributed by atoms with Crippen LogP contribution in [0.25, 0.3) is 0 Å². The van der Waals surface area contributed by atoms with Gasteiger partial charge in [0.1, 0.15) is 11.9 Å². The van der Waals surface area contributed by atoms with Crippen molar-refractivity contribution in [2.24, 2.45) is 0 Å². The second-order valence-corrected chi connectivity index (χ2v) is 6.36. The highest BCUT2D eigenvalue weighted by Gasteiger charge is 2.19. The van der Waals surface area contributed by atoms with Gasteiger partial charge in [-0.1, -0.05) is 6.92 Å². The topological polar surface area (TPSA) is 148 Å². The number of ether oxygens (including phenoxy) is 1. The lowest BCUT2D eigenvalue weighted by Gasteiger charge is -2.21. The van der Waals surface area contributed by atoms with Gasteiger partial charge in [-0.25, -0.2) is 4.98 Å². The Bertz CT molecular complexity index is 851. The first kappa shape index (κ1) is 20.5. The maximum absolute atomic E-state index is 12.4. The van der Waals surface area contributed by atoms with Crippen molar-refractivity contribution in [1.29, 1.82) is 0 Å². The molecular weight excluding hydrogens is 376 g/mol. The maximum atomic E-state index is 12.4. The molecule has 0 spiro atoms. The second-order valence-electron chi connectivity index (χ2n) is 5.33. The summed E-state index contributed by atoms with van der Waals surface area (Å²) in [4.78, 5) is 39.6. The predicted octanol–water partition coefficient (Wildman–Crippen LogP) is 0.973. The van der Waals surface area contributed by atoms with Crippen LogP contribution in [-0.2, 0) is 4.79 Å².